The second-order valence-corrected chi connectivity index (χ2v) is 7.37. The van der Waals surface area contributed by atoms with Crippen LogP contribution in [0.15, 0.2) is 18.2 Å². The lowest BCUT2D eigenvalue weighted by atomic mass is 10.2. The lowest BCUT2D eigenvalue weighted by Gasteiger charge is -2.16. The molecular weight excluding hydrogens is 307 g/mol. The van der Waals surface area contributed by atoms with Gasteiger partial charge in [0.15, 0.2) is 0 Å². The zero-order chi connectivity index (χ0) is 14.0. The average Bonchev–Trinajstić information content (AvgIpc) is 3.15. The van der Waals surface area contributed by atoms with Crippen molar-refractivity contribution >= 4 is 33.2 Å². The van der Waals surface area contributed by atoms with Crippen molar-refractivity contribution in [1.82, 2.24) is 4.72 Å². The predicted molar refractivity (Wildman–Crippen MR) is 77.8 cm³/mol. The second-order valence-electron chi connectivity index (χ2n) is 4.81. The van der Waals surface area contributed by atoms with Crippen LogP contribution in [0.1, 0.15) is 18.4 Å². The van der Waals surface area contributed by atoms with E-state index in [9.17, 15) is 8.42 Å². The summed E-state index contributed by atoms with van der Waals surface area (Å²) in [7, 11) is -3.41. The van der Waals surface area contributed by atoms with Gasteiger partial charge in [0.25, 0.3) is 0 Å². The second kappa shape index (κ2) is 5.97. The highest BCUT2D eigenvalue weighted by Gasteiger charge is 2.32. The van der Waals surface area contributed by atoms with Crippen molar-refractivity contribution in [3.63, 3.8) is 0 Å². The molecule has 0 amide bonds. The number of sulfonamides is 1. The third-order valence-electron chi connectivity index (χ3n) is 3.12. The Morgan fingerprint density at radius 2 is 2.00 bits per heavy atom. The van der Waals surface area contributed by atoms with Gasteiger partial charge in [-0.2, -0.15) is 0 Å². The molecule has 0 aromatic heterocycles. The molecule has 1 aliphatic rings. The van der Waals surface area contributed by atoms with Gasteiger partial charge >= 0.3 is 0 Å². The van der Waals surface area contributed by atoms with Gasteiger partial charge in [0.1, 0.15) is 0 Å². The van der Waals surface area contributed by atoms with E-state index >= 15 is 0 Å². The standard InChI is InChI=1S/C12H16Cl2N2O2S/c13-10-4-1-8(5-11(10)14)7-19(17,18)16-12(6-15)9-2-3-9/h1,4-5,9,12,16H,2-3,6-7,15H2. The molecule has 1 aromatic carbocycles. The van der Waals surface area contributed by atoms with Crippen molar-refractivity contribution in [2.24, 2.45) is 11.7 Å². The van der Waals surface area contributed by atoms with Gasteiger partial charge in [-0.1, -0.05) is 29.3 Å². The third kappa shape index (κ3) is 4.33. The van der Waals surface area contributed by atoms with Crippen LogP contribution >= 0.6 is 23.2 Å². The Balaban J connectivity index is 2.05. The van der Waals surface area contributed by atoms with E-state index in [0.717, 1.165) is 12.8 Å². The number of hydrogen-bond acceptors (Lipinski definition) is 3. The monoisotopic (exact) mass is 322 g/mol. The Kier molecular flexibility index (Phi) is 4.74. The largest absolute Gasteiger partial charge is 0.329 e. The highest BCUT2D eigenvalue weighted by Crippen LogP contribution is 2.32. The minimum atomic E-state index is -3.41. The summed E-state index contributed by atoms with van der Waals surface area (Å²) in [6.07, 6.45) is 2.08. The SMILES string of the molecule is NCC(NS(=O)(=O)Cc1ccc(Cl)c(Cl)c1)C1CC1. The molecule has 1 aromatic rings. The van der Waals surface area contributed by atoms with Crippen LogP contribution in [0.25, 0.3) is 0 Å². The molecular formula is C12H16Cl2N2O2S. The molecule has 106 valence electrons. The lowest BCUT2D eigenvalue weighted by Crippen LogP contribution is -2.42. The molecule has 2 rings (SSSR count). The van der Waals surface area contributed by atoms with E-state index in [1.54, 1.807) is 18.2 Å². The topological polar surface area (TPSA) is 72.2 Å². The van der Waals surface area contributed by atoms with Crippen molar-refractivity contribution in [2.75, 3.05) is 6.54 Å². The Labute approximate surface area is 123 Å². The molecule has 1 unspecified atom stereocenters. The molecule has 0 spiro atoms. The molecule has 3 N–H and O–H groups in total. The minimum absolute atomic E-state index is 0.118. The fourth-order valence-corrected chi connectivity index (χ4v) is 3.73. The van der Waals surface area contributed by atoms with Crippen LogP contribution in [0.4, 0.5) is 0 Å². The molecule has 19 heavy (non-hydrogen) atoms. The van der Waals surface area contributed by atoms with Crippen LogP contribution in [0.3, 0.4) is 0 Å². The van der Waals surface area contributed by atoms with Gasteiger partial charge in [-0.05, 0) is 36.5 Å². The number of hydrogen-bond donors (Lipinski definition) is 2. The Bertz CT molecular complexity index is 559. The maximum atomic E-state index is 12.1. The number of nitrogens with two attached hydrogens (primary N) is 1. The summed E-state index contributed by atoms with van der Waals surface area (Å²) in [6.45, 7) is 0.325. The van der Waals surface area contributed by atoms with E-state index in [2.05, 4.69) is 4.72 Å². The van der Waals surface area contributed by atoms with Gasteiger partial charge in [-0.25, -0.2) is 13.1 Å². The van der Waals surface area contributed by atoms with Crippen LogP contribution in [-0.4, -0.2) is 21.0 Å². The maximum absolute atomic E-state index is 12.1. The number of nitrogens with one attached hydrogen (secondary N) is 1. The van der Waals surface area contributed by atoms with Gasteiger partial charge < -0.3 is 5.73 Å². The quantitative estimate of drug-likeness (QED) is 0.842. The third-order valence-corrected chi connectivity index (χ3v) is 5.23. The maximum Gasteiger partial charge on any atom is 0.216 e. The summed E-state index contributed by atoms with van der Waals surface area (Å²) >= 11 is 11.7. The zero-order valence-electron chi connectivity index (χ0n) is 10.3. The Morgan fingerprint density at radius 1 is 1.32 bits per heavy atom. The predicted octanol–water partition coefficient (Wildman–Crippen LogP) is 2.15. The Hall–Kier alpha value is -0.330. The zero-order valence-corrected chi connectivity index (χ0v) is 12.6. The summed E-state index contributed by atoms with van der Waals surface area (Å²) in [4.78, 5) is 0. The first-order valence-corrected chi connectivity index (χ1v) is 8.46. The first-order chi connectivity index (χ1) is 8.91. The number of halogens is 2. The molecule has 1 saturated carbocycles. The molecule has 0 bridgehead atoms. The molecule has 0 saturated heterocycles. The molecule has 1 aliphatic carbocycles. The summed E-state index contributed by atoms with van der Waals surface area (Å²) < 4.78 is 26.8. The van der Waals surface area contributed by atoms with Crippen molar-refractivity contribution in [2.45, 2.75) is 24.6 Å². The Morgan fingerprint density at radius 3 is 2.53 bits per heavy atom. The van der Waals surface area contributed by atoms with E-state index in [1.807, 2.05) is 0 Å². The highest BCUT2D eigenvalue weighted by molar-refractivity contribution is 7.88. The van der Waals surface area contributed by atoms with E-state index < -0.39 is 10.0 Å². The smallest absolute Gasteiger partial charge is 0.216 e. The van der Waals surface area contributed by atoms with E-state index in [-0.39, 0.29) is 11.8 Å². The molecule has 0 aliphatic heterocycles. The van der Waals surface area contributed by atoms with Crippen LogP contribution in [-0.2, 0) is 15.8 Å². The lowest BCUT2D eigenvalue weighted by molar-refractivity contribution is 0.518. The molecule has 0 radical (unpaired) electrons. The summed E-state index contributed by atoms with van der Waals surface area (Å²) in [5.74, 6) is 0.265. The molecule has 4 nitrogen and oxygen atoms in total. The van der Waals surface area contributed by atoms with Crippen LogP contribution < -0.4 is 10.5 Å². The van der Waals surface area contributed by atoms with Crippen LogP contribution in [0.2, 0.25) is 10.0 Å². The van der Waals surface area contributed by atoms with Gasteiger partial charge in [-0.3, -0.25) is 0 Å². The van der Waals surface area contributed by atoms with E-state index in [1.165, 1.54) is 0 Å². The first kappa shape index (κ1) is 15.1. The number of benzene rings is 1. The van der Waals surface area contributed by atoms with Gasteiger partial charge in [0.2, 0.25) is 10.0 Å². The summed E-state index contributed by atoms with van der Waals surface area (Å²) in [6, 6.07) is 4.66. The van der Waals surface area contributed by atoms with Crippen molar-refractivity contribution in [1.29, 1.82) is 0 Å². The van der Waals surface area contributed by atoms with Gasteiger partial charge in [-0.15, -0.1) is 0 Å². The van der Waals surface area contributed by atoms with Crippen LogP contribution in [0.5, 0.6) is 0 Å². The summed E-state index contributed by atoms with van der Waals surface area (Å²) in [5.41, 5.74) is 6.20. The van der Waals surface area contributed by atoms with Crippen molar-refractivity contribution in [3.05, 3.63) is 33.8 Å². The van der Waals surface area contributed by atoms with Crippen molar-refractivity contribution in [3.8, 4) is 0 Å². The normalized spacial score (nSPS) is 17.4. The molecule has 1 fully saturated rings. The number of rotatable bonds is 6. The fourth-order valence-electron chi connectivity index (χ4n) is 1.96. The molecule has 0 heterocycles. The summed E-state index contributed by atoms with van der Waals surface area (Å²) in [5, 5.41) is 0.764. The average molecular weight is 323 g/mol. The first-order valence-electron chi connectivity index (χ1n) is 6.05. The van der Waals surface area contributed by atoms with Crippen LogP contribution in [0, 0.1) is 5.92 Å². The molecule has 1 atom stereocenters. The molecule has 7 heteroatoms. The van der Waals surface area contributed by atoms with Gasteiger partial charge in [0, 0.05) is 12.6 Å². The van der Waals surface area contributed by atoms with Gasteiger partial charge in [0.05, 0.1) is 15.8 Å². The minimum Gasteiger partial charge on any atom is -0.329 e. The fraction of sp³-hybridized carbons (Fsp3) is 0.500. The van der Waals surface area contributed by atoms with E-state index in [0.29, 0.717) is 28.1 Å². The van der Waals surface area contributed by atoms with Crippen molar-refractivity contribution < 1.29 is 8.42 Å². The highest BCUT2D eigenvalue weighted by atomic mass is 35.5. The van der Waals surface area contributed by atoms with E-state index in [4.69, 9.17) is 28.9 Å².